The van der Waals surface area contributed by atoms with E-state index in [2.05, 4.69) is 16.5 Å². The van der Waals surface area contributed by atoms with Gasteiger partial charge in [-0.05, 0) is 48.6 Å². The van der Waals surface area contributed by atoms with Gasteiger partial charge < -0.3 is 14.8 Å². The number of benzene rings is 2. The van der Waals surface area contributed by atoms with Crippen LogP contribution in [0.25, 0.3) is 0 Å². The minimum Gasteiger partial charge on any atom is -0.493 e. The van der Waals surface area contributed by atoms with Crippen molar-refractivity contribution in [3.63, 3.8) is 0 Å². The van der Waals surface area contributed by atoms with E-state index in [1.165, 1.54) is 11.1 Å². The number of carbonyl (C=O) groups is 1. The van der Waals surface area contributed by atoms with Gasteiger partial charge >= 0.3 is 0 Å². The van der Waals surface area contributed by atoms with E-state index in [1.54, 1.807) is 31.2 Å². The van der Waals surface area contributed by atoms with Gasteiger partial charge in [0.15, 0.2) is 11.5 Å². The van der Waals surface area contributed by atoms with E-state index < -0.39 is 0 Å². The number of rotatable bonds is 6. The predicted octanol–water partition coefficient (Wildman–Crippen LogP) is 3.69. The van der Waals surface area contributed by atoms with Crippen LogP contribution in [0.5, 0.6) is 11.5 Å². The van der Waals surface area contributed by atoms with E-state index >= 15 is 0 Å². The molecule has 6 heteroatoms. The molecule has 1 N–H and O–H groups in total. The van der Waals surface area contributed by atoms with Crippen molar-refractivity contribution < 1.29 is 14.3 Å². The topological polar surface area (TPSA) is 65.4 Å². The fraction of sp³-hybridized carbons (Fsp3) is 0.273. The van der Waals surface area contributed by atoms with E-state index in [1.807, 2.05) is 30.3 Å². The number of para-hydroxylation sites is 1. The van der Waals surface area contributed by atoms with Crippen LogP contribution >= 0.6 is 0 Å². The number of fused-ring (bicyclic) bond motifs is 1. The average molecular weight is 377 g/mol. The second-order valence-electron chi connectivity index (χ2n) is 6.82. The number of carbonyl (C=O) groups excluding carboxylic acids is 1. The van der Waals surface area contributed by atoms with Crippen molar-refractivity contribution >= 4 is 11.7 Å². The highest BCUT2D eigenvalue weighted by atomic mass is 16.5. The molecule has 0 atom stereocenters. The molecule has 0 fully saturated rings. The second kappa shape index (κ2) is 7.76. The van der Waals surface area contributed by atoms with Crippen molar-refractivity contribution in [1.82, 2.24) is 9.78 Å². The summed E-state index contributed by atoms with van der Waals surface area (Å²) in [5.41, 5.74) is 4.22. The molecule has 0 saturated heterocycles. The Morgan fingerprint density at radius 3 is 2.79 bits per heavy atom. The minimum atomic E-state index is -0.131. The lowest BCUT2D eigenvalue weighted by Crippen LogP contribution is -2.16. The molecule has 0 radical (unpaired) electrons. The van der Waals surface area contributed by atoms with Gasteiger partial charge in [-0.3, -0.25) is 4.79 Å². The smallest absolute Gasteiger partial charge is 0.256 e. The normalized spacial score (nSPS) is 12.5. The van der Waals surface area contributed by atoms with Crippen LogP contribution in [0.3, 0.4) is 0 Å². The molecule has 28 heavy (non-hydrogen) atoms. The molecular formula is C22H23N3O3. The van der Waals surface area contributed by atoms with Gasteiger partial charge in [0, 0.05) is 17.2 Å². The summed E-state index contributed by atoms with van der Waals surface area (Å²) in [7, 11) is 3.22. The summed E-state index contributed by atoms with van der Waals surface area (Å²) in [6.07, 6.45) is 4.98. The van der Waals surface area contributed by atoms with Crippen LogP contribution in [0.1, 0.15) is 33.5 Å². The maximum Gasteiger partial charge on any atom is 0.256 e. The fourth-order valence-corrected chi connectivity index (χ4v) is 3.71. The van der Waals surface area contributed by atoms with Crippen molar-refractivity contribution in [2.45, 2.75) is 25.8 Å². The molecule has 1 aliphatic rings. The molecule has 0 bridgehead atoms. The number of nitrogens with one attached hydrogen (secondary N) is 1. The summed E-state index contributed by atoms with van der Waals surface area (Å²) in [4.78, 5) is 12.7. The molecule has 0 unspecified atom stereocenters. The number of hydrogen-bond donors (Lipinski definition) is 1. The molecule has 144 valence electrons. The highest BCUT2D eigenvalue weighted by Crippen LogP contribution is 2.31. The second-order valence-corrected chi connectivity index (χ2v) is 6.82. The number of nitrogens with zero attached hydrogens (tertiary/aromatic N) is 2. The van der Waals surface area contributed by atoms with Crippen LogP contribution in [0, 0.1) is 0 Å². The van der Waals surface area contributed by atoms with E-state index in [0.717, 1.165) is 24.8 Å². The summed E-state index contributed by atoms with van der Waals surface area (Å²) in [5, 5.41) is 7.33. The molecule has 0 spiro atoms. The molecule has 0 aliphatic heterocycles. The number of aryl methyl sites for hydroxylation is 2. The van der Waals surface area contributed by atoms with Gasteiger partial charge in [0.2, 0.25) is 0 Å². The zero-order chi connectivity index (χ0) is 19.5. The number of methoxy groups -OCH3 is 2. The molecule has 2 aromatic carbocycles. The Hall–Kier alpha value is -3.28. The molecular weight excluding hydrogens is 354 g/mol. The minimum absolute atomic E-state index is 0.131. The van der Waals surface area contributed by atoms with E-state index in [4.69, 9.17) is 9.47 Å². The number of amides is 1. The highest BCUT2D eigenvalue weighted by Gasteiger charge is 2.16. The maximum absolute atomic E-state index is 12.7. The Labute approximate surface area is 164 Å². The standard InChI is InChI=1S/C22H23N3O3/c1-27-19-8-4-7-18(21(19)28-2)14-25-20(11-12-23-25)24-22(26)17-10-9-15-5-3-6-16(15)13-17/h4,7-13H,3,5-6,14H2,1-2H3,(H,24,26). The van der Waals surface area contributed by atoms with Crippen molar-refractivity contribution in [3.05, 3.63) is 70.9 Å². The summed E-state index contributed by atoms with van der Waals surface area (Å²) in [6, 6.07) is 13.5. The Kier molecular flexibility index (Phi) is 5.02. The molecule has 0 saturated carbocycles. The third-order valence-corrected chi connectivity index (χ3v) is 5.12. The van der Waals surface area contributed by atoms with E-state index in [9.17, 15) is 4.79 Å². The first kappa shape index (κ1) is 18.1. The number of hydrogen-bond acceptors (Lipinski definition) is 4. The summed E-state index contributed by atoms with van der Waals surface area (Å²) >= 11 is 0. The van der Waals surface area contributed by atoms with Crippen LogP contribution < -0.4 is 14.8 Å². The third-order valence-electron chi connectivity index (χ3n) is 5.12. The van der Waals surface area contributed by atoms with Gasteiger partial charge in [-0.1, -0.05) is 18.2 Å². The summed E-state index contributed by atoms with van der Waals surface area (Å²) in [6.45, 7) is 0.452. The van der Waals surface area contributed by atoms with Crippen LogP contribution in [-0.4, -0.2) is 29.9 Å². The van der Waals surface area contributed by atoms with Crippen LogP contribution in [0.15, 0.2) is 48.7 Å². The SMILES string of the molecule is COc1cccc(Cn2nccc2NC(=O)c2ccc3c(c2)CCC3)c1OC. The predicted molar refractivity (Wildman–Crippen MR) is 107 cm³/mol. The Balaban J connectivity index is 1.54. The van der Waals surface area contributed by atoms with E-state index in [0.29, 0.717) is 29.4 Å². The van der Waals surface area contributed by atoms with Crippen LogP contribution in [0.4, 0.5) is 5.82 Å². The van der Waals surface area contributed by atoms with Gasteiger partial charge in [-0.15, -0.1) is 0 Å². The number of ether oxygens (including phenoxy) is 2. The lowest BCUT2D eigenvalue weighted by molar-refractivity contribution is 0.102. The first-order chi connectivity index (χ1) is 13.7. The monoisotopic (exact) mass is 377 g/mol. The Bertz CT molecular complexity index is 1010. The average Bonchev–Trinajstić information content (AvgIpc) is 3.36. The first-order valence-corrected chi connectivity index (χ1v) is 9.34. The van der Waals surface area contributed by atoms with Crippen molar-refractivity contribution in [3.8, 4) is 11.5 Å². The highest BCUT2D eigenvalue weighted by molar-refractivity contribution is 6.04. The number of aromatic nitrogens is 2. The zero-order valence-corrected chi connectivity index (χ0v) is 16.1. The summed E-state index contributed by atoms with van der Waals surface area (Å²) in [5.74, 6) is 1.83. The van der Waals surface area contributed by atoms with Crippen molar-refractivity contribution in [1.29, 1.82) is 0 Å². The molecule has 1 aromatic heterocycles. The van der Waals surface area contributed by atoms with Crippen molar-refractivity contribution in [2.75, 3.05) is 19.5 Å². The van der Waals surface area contributed by atoms with Crippen molar-refractivity contribution in [2.24, 2.45) is 0 Å². The quantitative estimate of drug-likeness (QED) is 0.712. The van der Waals surface area contributed by atoms with Crippen LogP contribution in [-0.2, 0) is 19.4 Å². The van der Waals surface area contributed by atoms with Crippen LogP contribution in [0.2, 0.25) is 0 Å². The fourth-order valence-electron chi connectivity index (χ4n) is 3.71. The maximum atomic E-state index is 12.7. The Morgan fingerprint density at radius 1 is 1.11 bits per heavy atom. The zero-order valence-electron chi connectivity index (χ0n) is 16.1. The van der Waals surface area contributed by atoms with Gasteiger partial charge in [-0.25, -0.2) is 4.68 Å². The lowest BCUT2D eigenvalue weighted by atomic mass is 10.1. The lowest BCUT2D eigenvalue weighted by Gasteiger charge is -2.14. The summed E-state index contributed by atoms with van der Waals surface area (Å²) < 4.78 is 12.6. The Morgan fingerprint density at radius 2 is 1.96 bits per heavy atom. The van der Waals surface area contributed by atoms with Gasteiger partial charge in [0.25, 0.3) is 5.91 Å². The molecule has 6 nitrogen and oxygen atoms in total. The molecule has 3 aromatic rings. The van der Waals surface area contributed by atoms with Gasteiger partial charge in [0.1, 0.15) is 5.82 Å². The molecule has 1 amide bonds. The van der Waals surface area contributed by atoms with Gasteiger partial charge in [0.05, 0.1) is 27.0 Å². The first-order valence-electron chi connectivity index (χ1n) is 9.34. The molecule has 1 aliphatic carbocycles. The molecule has 4 rings (SSSR count). The third kappa shape index (κ3) is 3.45. The van der Waals surface area contributed by atoms with Gasteiger partial charge in [-0.2, -0.15) is 5.10 Å². The van der Waals surface area contributed by atoms with E-state index in [-0.39, 0.29) is 5.91 Å². The molecule has 1 heterocycles. The largest absolute Gasteiger partial charge is 0.493 e. The number of anilines is 1.